The van der Waals surface area contributed by atoms with E-state index in [2.05, 4.69) is 15.3 Å². The molecule has 2 heterocycles. The molecule has 23 heavy (non-hydrogen) atoms. The minimum absolute atomic E-state index is 0.182. The molecule has 2 rings (SSSR count). The van der Waals surface area contributed by atoms with E-state index in [4.69, 9.17) is 0 Å². The number of H-pyrrole nitrogens is 1. The molecule has 7 nitrogen and oxygen atoms in total. The molecule has 2 amide bonds. The van der Waals surface area contributed by atoms with E-state index >= 15 is 0 Å². The van der Waals surface area contributed by atoms with Gasteiger partial charge in [0.25, 0.3) is 0 Å². The average Bonchev–Trinajstić information content (AvgIpc) is 2.46. The maximum atomic E-state index is 12.2. The highest BCUT2D eigenvalue weighted by molar-refractivity contribution is 5.89. The molecule has 122 valence electrons. The molecule has 0 aliphatic rings. The van der Waals surface area contributed by atoms with E-state index in [0.717, 1.165) is 5.69 Å². The number of amides is 2. The number of carbonyl (C=O) groups excluding carboxylic acids is 1. The fourth-order valence-corrected chi connectivity index (χ4v) is 2.10. The maximum Gasteiger partial charge on any atom is 0.321 e. The predicted molar refractivity (Wildman–Crippen MR) is 89.2 cm³/mol. The second-order valence-corrected chi connectivity index (χ2v) is 5.60. The van der Waals surface area contributed by atoms with Gasteiger partial charge in [-0.15, -0.1) is 0 Å². The SMILES string of the molecule is CN(C)Cc1cc(NC(=O)N(C)Cc2cccc(=O)[nH]2)ccn1. The zero-order chi connectivity index (χ0) is 16.8. The third-order valence-corrected chi connectivity index (χ3v) is 3.13. The minimum Gasteiger partial charge on any atom is -0.324 e. The summed E-state index contributed by atoms with van der Waals surface area (Å²) in [5, 5.41) is 2.83. The molecule has 0 aliphatic carbocycles. The summed E-state index contributed by atoms with van der Waals surface area (Å²) in [4.78, 5) is 34.0. The summed E-state index contributed by atoms with van der Waals surface area (Å²) < 4.78 is 0. The monoisotopic (exact) mass is 315 g/mol. The van der Waals surface area contributed by atoms with Gasteiger partial charge < -0.3 is 20.1 Å². The van der Waals surface area contributed by atoms with Crippen LogP contribution in [0, 0.1) is 0 Å². The number of urea groups is 1. The molecule has 0 bridgehead atoms. The van der Waals surface area contributed by atoms with Crippen molar-refractivity contribution in [3.8, 4) is 0 Å². The fraction of sp³-hybridized carbons (Fsp3) is 0.312. The van der Waals surface area contributed by atoms with Crippen LogP contribution in [0.4, 0.5) is 10.5 Å². The number of hydrogen-bond donors (Lipinski definition) is 2. The Balaban J connectivity index is 1.99. The standard InChI is InChI=1S/C16H21N5O2/c1-20(2)10-14-9-12(7-8-17-14)19-16(23)21(3)11-13-5-4-6-15(22)18-13/h4-9H,10-11H2,1-3H3,(H,18,22)(H,17,19,23). The molecule has 0 unspecified atom stereocenters. The van der Waals surface area contributed by atoms with Crippen molar-refractivity contribution >= 4 is 11.7 Å². The van der Waals surface area contributed by atoms with Gasteiger partial charge in [-0.05, 0) is 32.3 Å². The molecule has 0 atom stereocenters. The molecule has 2 aromatic rings. The van der Waals surface area contributed by atoms with Crippen molar-refractivity contribution in [3.05, 3.63) is 58.3 Å². The third-order valence-electron chi connectivity index (χ3n) is 3.13. The highest BCUT2D eigenvalue weighted by Gasteiger charge is 2.10. The number of nitrogens with one attached hydrogen (secondary N) is 2. The highest BCUT2D eigenvalue weighted by Crippen LogP contribution is 2.10. The Morgan fingerprint density at radius 2 is 2.00 bits per heavy atom. The highest BCUT2D eigenvalue weighted by atomic mass is 16.2. The van der Waals surface area contributed by atoms with E-state index in [1.165, 1.54) is 11.0 Å². The van der Waals surface area contributed by atoms with Crippen LogP contribution in [0.15, 0.2) is 41.3 Å². The first-order valence-electron chi connectivity index (χ1n) is 7.24. The largest absolute Gasteiger partial charge is 0.324 e. The lowest BCUT2D eigenvalue weighted by Crippen LogP contribution is -2.31. The van der Waals surface area contributed by atoms with Gasteiger partial charge in [0.15, 0.2) is 0 Å². The molecule has 2 aromatic heterocycles. The summed E-state index contributed by atoms with van der Waals surface area (Å²) in [6, 6.07) is 8.21. The second kappa shape index (κ2) is 7.55. The number of rotatable bonds is 5. The van der Waals surface area contributed by atoms with Gasteiger partial charge in [0, 0.05) is 37.2 Å². The van der Waals surface area contributed by atoms with Crippen molar-refractivity contribution in [2.45, 2.75) is 13.1 Å². The molecule has 0 saturated carbocycles. The van der Waals surface area contributed by atoms with Gasteiger partial charge in [0.05, 0.1) is 12.2 Å². The van der Waals surface area contributed by atoms with Crippen LogP contribution in [-0.4, -0.2) is 46.9 Å². The molecule has 0 saturated heterocycles. The Labute approximate surface area is 135 Å². The normalized spacial score (nSPS) is 10.6. The van der Waals surface area contributed by atoms with E-state index < -0.39 is 0 Å². The molecule has 0 spiro atoms. The summed E-state index contributed by atoms with van der Waals surface area (Å²) >= 11 is 0. The van der Waals surface area contributed by atoms with E-state index in [9.17, 15) is 9.59 Å². The number of hydrogen-bond acceptors (Lipinski definition) is 4. The van der Waals surface area contributed by atoms with Crippen LogP contribution in [0.25, 0.3) is 0 Å². The average molecular weight is 315 g/mol. The fourth-order valence-electron chi connectivity index (χ4n) is 2.10. The Hall–Kier alpha value is -2.67. The lowest BCUT2D eigenvalue weighted by Gasteiger charge is -2.18. The summed E-state index contributed by atoms with van der Waals surface area (Å²) in [6.45, 7) is 1.02. The maximum absolute atomic E-state index is 12.2. The number of aromatic nitrogens is 2. The van der Waals surface area contributed by atoms with Crippen LogP contribution in [0.2, 0.25) is 0 Å². The molecule has 7 heteroatoms. The molecule has 0 aliphatic heterocycles. The van der Waals surface area contributed by atoms with Gasteiger partial charge >= 0.3 is 6.03 Å². The third kappa shape index (κ3) is 5.23. The summed E-state index contributed by atoms with van der Waals surface area (Å²) in [7, 11) is 5.59. The van der Waals surface area contributed by atoms with Crippen LogP contribution in [0.5, 0.6) is 0 Å². The molecular weight excluding hydrogens is 294 g/mol. The van der Waals surface area contributed by atoms with Crippen LogP contribution in [0.3, 0.4) is 0 Å². The zero-order valence-corrected chi connectivity index (χ0v) is 13.5. The van der Waals surface area contributed by atoms with Crippen molar-refractivity contribution in [1.82, 2.24) is 19.8 Å². The van der Waals surface area contributed by atoms with Gasteiger partial charge in [-0.1, -0.05) is 6.07 Å². The smallest absolute Gasteiger partial charge is 0.321 e. The van der Waals surface area contributed by atoms with Gasteiger partial charge in [0.2, 0.25) is 5.56 Å². The van der Waals surface area contributed by atoms with Gasteiger partial charge in [-0.2, -0.15) is 0 Å². The van der Waals surface area contributed by atoms with Crippen LogP contribution in [0.1, 0.15) is 11.4 Å². The molecule has 0 radical (unpaired) electrons. The molecule has 0 fully saturated rings. The van der Waals surface area contributed by atoms with Gasteiger partial charge in [0.1, 0.15) is 0 Å². The number of nitrogens with zero attached hydrogens (tertiary/aromatic N) is 3. The Morgan fingerprint density at radius 3 is 2.70 bits per heavy atom. The van der Waals surface area contributed by atoms with Crippen molar-refractivity contribution in [3.63, 3.8) is 0 Å². The first-order chi connectivity index (χ1) is 10.9. The summed E-state index contributed by atoms with van der Waals surface area (Å²) in [6.07, 6.45) is 1.67. The Kier molecular flexibility index (Phi) is 5.48. The lowest BCUT2D eigenvalue weighted by molar-refractivity contribution is 0.220. The second-order valence-electron chi connectivity index (χ2n) is 5.60. The van der Waals surface area contributed by atoms with E-state index in [1.54, 1.807) is 31.4 Å². The zero-order valence-electron chi connectivity index (χ0n) is 13.5. The minimum atomic E-state index is -0.253. The first kappa shape index (κ1) is 16.7. The topological polar surface area (TPSA) is 81.3 Å². The number of pyridine rings is 2. The Morgan fingerprint density at radius 1 is 1.22 bits per heavy atom. The van der Waals surface area contributed by atoms with Crippen molar-refractivity contribution in [2.24, 2.45) is 0 Å². The van der Waals surface area contributed by atoms with Crippen molar-refractivity contribution in [2.75, 3.05) is 26.5 Å². The number of carbonyl (C=O) groups is 1. The van der Waals surface area contributed by atoms with Gasteiger partial charge in [-0.3, -0.25) is 9.78 Å². The first-order valence-corrected chi connectivity index (χ1v) is 7.24. The van der Waals surface area contributed by atoms with Crippen LogP contribution in [-0.2, 0) is 13.1 Å². The Bertz CT molecular complexity index is 726. The lowest BCUT2D eigenvalue weighted by atomic mass is 10.3. The van der Waals surface area contributed by atoms with E-state index in [-0.39, 0.29) is 11.6 Å². The van der Waals surface area contributed by atoms with E-state index in [1.807, 2.05) is 25.1 Å². The summed E-state index contributed by atoms with van der Waals surface area (Å²) in [5.74, 6) is 0. The van der Waals surface area contributed by atoms with E-state index in [0.29, 0.717) is 24.5 Å². The van der Waals surface area contributed by atoms with Crippen LogP contribution < -0.4 is 10.9 Å². The number of anilines is 1. The molecule has 0 aromatic carbocycles. The van der Waals surface area contributed by atoms with Crippen molar-refractivity contribution in [1.29, 1.82) is 0 Å². The predicted octanol–water partition coefficient (Wildman–Crippen LogP) is 1.50. The number of aromatic amines is 1. The van der Waals surface area contributed by atoms with Gasteiger partial charge in [-0.25, -0.2) is 4.79 Å². The summed E-state index contributed by atoms with van der Waals surface area (Å²) in [5.41, 5.74) is 2.06. The quantitative estimate of drug-likeness (QED) is 0.876. The molecular formula is C16H21N5O2. The molecule has 2 N–H and O–H groups in total. The van der Waals surface area contributed by atoms with Crippen LogP contribution >= 0.6 is 0 Å². The van der Waals surface area contributed by atoms with Crippen molar-refractivity contribution < 1.29 is 4.79 Å².